The van der Waals surface area contributed by atoms with Gasteiger partial charge in [-0.15, -0.1) is 6.42 Å². The second-order valence-corrected chi connectivity index (χ2v) is 3.93. The minimum absolute atomic E-state index is 0.202. The first-order chi connectivity index (χ1) is 6.15. The monoisotopic (exact) mass is 179 g/mol. The van der Waals surface area contributed by atoms with E-state index in [1.54, 1.807) is 0 Å². The number of carbonyl (C=O) groups is 1. The van der Waals surface area contributed by atoms with Gasteiger partial charge in [0.15, 0.2) is 0 Å². The molecule has 0 radical (unpaired) electrons. The summed E-state index contributed by atoms with van der Waals surface area (Å²) in [5.41, 5.74) is 0. The van der Waals surface area contributed by atoms with Crippen LogP contribution in [0.1, 0.15) is 26.7 Å². The zero-order valence-electron chi connectivity index (χ0n) is 8.42. The molecule has 1 saturated heterocycles. The molecule has 0 aromatic rings. The SMILES string of the molecule is C#C[C@H](C(C)C)N1CCC(=O)CC1. The molecule has 13 heavy (non-hydrogen) atoms. The van der Waals surface area contributed by atoms with Crippen LogP contribution in [0.2, 0.25) is 0 Å². The Balaban J connectivity index is 2.52. The molecule has 0 amide bonds. The molecular weight excluding hydrogens is 162 g/mol. The molecule has 0 saturated carbocycles. The van der Waals surface area contributed by atoms with E-state index in [4.69, 9.17) is 6.42 Å². The van der Waals surface area contributed by atoms with Gasteiger partial charge in [-0.05, 0) is 5.92 Å². The number of hydrogen-bond acceptors (Lipinski definition) is 2. The summed E-state index contributed by atoms with van der Waals surface area (Å²) in [5, 5.41) is 0. The molecule has 1 aliphatic heterocycles. The van der Waals surface area contributed by atoms with E-state index in [-0.39, 0.29) is 6.04 Å². The largest absolute Gasteiger partial charge is 0.300 e. The Morgan fingerprint density at radius 1 is 1.38 bits per heavy atom. The van der Waals surface area contributed by atoms with Crippen molar-refractivity contribution < 1.29 is 4.79 Å². The number of hydrogen-bond donors (Lipinski definition) is 0. The van der Waals surface area contributed by atoms with Crippen molar-refractivity contribution in [1.82, 2.24) is 4.90 Å². The topological polar surface area (TPSA) is 20.3 Å². The van der Waals surface area contributed by atoms with E-state index in [2.05, 4.69) is 24.7 Å². The Morgan fingerprint density at radius 3 is 2.31 bits per heavy atom. The van der Waals surface area contributed by atoms with E-state index < -0.39 is 0 Å². The van der Waals surface area contributed by atoms with Crippen molar-refractivity contribution in [3.8, 4) is 12.3 Å². The van der Waals surface area contributed by atoms with Gasteiger partial charge in [0.25, 0.3) is 0 Å². The summed E-state index contributed by atoms with van der Waals surface area (Å²) in [6, 6.07) is 0.202. The maximum absolute atomic E-state index is 11.0. The molecule has 2 heteroatoms. The minimum Gasteiger partial charge on any atom is -0.300 e. The standard InChI is InChI=1S/C11H17NO/c1-4-11(9(2)3)12-7-5-10(13)6-8-12/h1,9,11H,5-8H2,2-3H3/t11-/m1/s1. The van der Waals surface area contributed by atoms with Gasteiger partial charge in [0.05, 0.1) is 6.04 Å². The quantitative estimate of drug-likeness (QED) is 0.596. The second kappa shape index (κ2) is 4.43. The number of Topliss-reactive ketones (excluding diaryl/α,β-unsaturated/α-hetero) is 1. The molecule has 72 valence electrons. The summed E-state index contributed by atoms with van der Waals surface area (Å²) < 4.78 is 0. The van der Waals surface area contributed by atoms with E-state index in [9.17, 15) is 4.79 Å². The van der Waals surface area contributed by atoms with Crippen LogP contribution in [0, 0.1) is 18.3 Å². The molecule has 1 heterocycles. The maximum atomic E-state index is 11.0. The molecular formula is C11H17NO. The van der Waals surface area contributed by atoms with Gasteiger partial charge < -0.3 is 0 Å². The predicted molar refractivity (Wildman–Crippen MR) is 53.3 cm³/mol. The van der Waals surface area contributed by atoms with Gasteiger partial charge in [-0.3, -0.25) is 9.69 Å². The highest BCUT2D eigenvalue weighted by molar-refractivity contribution is 5.79. The van der Waals surface area contributed by atoms with Crippen molar-refractivity contribution in [3.05, 3.63) is 0 Å². The van der Waals surface area contributed by atoms with Gasteiger partial charge in [-0.25, -0.2) is 0 Å². The van der Waals surface area contributed by atoms with Crippen molar-refractivity contribution in [2.75, 3.05) is 13.1 Å². The zero-order chi connectivity index (χ0) is 9.84. The van der Waals surface area contributed by atoms with E-state index >= 15 is 0 Å². The molecule has 1 atom stereocenters. The highest BCUT2D eigenvalue weighted by Crippen LogP contribution is 2.15. The minimum atomic E-state index is 0.202. The first kappa shape index (κ1) is 10.3. The van der Waals surface area contributed by atoms with Gasteiger partial charge in [0, 0.05) is 25.9 Å². The molecule has 0 spiro atoms. The van der Waals surface area contributed by atoms with Gasteiger partial charge in [-0.2, -0.15) is 0 Å². The van der Waals surface area contributed by atoms with E-state index in [1.807, 2.05) is 0 Å². The van der Waals surface area contributed by atoms with Crippen LogP contribution in [0.4, 0.5) is 0 Å². The molecule has 0 bridgehead atoms. The lowest BCUT2D eigenvalue weighted by Gasteiger charge is -2.33. The number of piperidine rings is 1. The van der Waals surface area contributed by atoms with Crippen LogP contribution >= 0.6 is 0 Å². The molecule has 0 unspecified atom stereocenters. The normalized spacial score (nSPS) is 21.5. The highest BCUT2D eigenvalue weighted by Gasteiger charge is 2.23. The van der Waals surface area contributed by atoms with Crippen LogP contribution < -0.4 is 0 Å². The fraction of sp³-hybridized carbons (Fsp3) is 0.727. The Labute approximate surface area is 80.3 Å². The first-order valence-electron chi connectivity index (χ1n) is 4.87. The molecule has 0 aromatic heterocycles. The van der Waals surface area contributed by atoms with Crippen molar-refractivity contribution >= 4 is 5.78 Å². The van der Waals surface area contributed by atoms with E-state index in [0.717, 1.165) is 13.1 Å². The lowest BCUT2D eigenvalue weighted by Crippen LogP contribution is -2.43. The lowest BCUT2D eigenvalue weighted by molar-refractivity contribution is -0.121. The number of carbonyl (C=O) groups excluding carboxylic acids is 1. The summed E-state index contributed by atoms with van der Waals surface area (Å²) in [6.45, 7) is 5.93. The van der Waals surface area contributed by atoms with Gasteiger partial charge in [0.1, 0.15) is 5.78 Å². The number of ketones is 1. The van der Waals surface area contributed by atoms with Crippen LogP contribution in [0.15, 0.2) is 0 Å². The smallest absolute Gasteiger partial charge is 0.135 e. The Bertz CT molecular complexity index is 217. The third-order valence-corrected chi connectivity index (χ3v) is 2.55. The van der Waals surface area contributed by atoms with Crippen molar-refractivity contribution in [2.24, 2.45) is 5.92 Å². The fourth-order valence-electron chi connectivity index (χ4n) is 1.77. The second-order valence-electron chi connectivity index (χ2n) is 3.93. The summed E-state index contributed by atoms with van der Waals surface area (Å²) >= 11 is 0. The molecule has 0 aromatic carbocycles. The Kier molecular flexibility index (Phi) is 3.50. The summed E-state index contributed by atoms with van der Waals surface area (Å²) in [7, 11) is 0. The predicted octanol–water partition coefficient (Wildman–Crippen LogP) is 1.31. The van der Waals surface area contributed by atoms with Crippen molar-refractivity contribution in [2.45, 2.75) is 32.7 Å². The number of nitrogens with zero attached hydrogens (tertiary/aromatic N) is 1. The first-order valence-corrected chi connectivity index (χ1v) is 4.87. The van der Waals surface area contributed by atoms with Gasteiger partial charge in [0.2, 0.25) is 0 Å². The third-order valence-electron chi connectivity index (χ3n) is 2.55. The molecule has 0 N–H and O–H groups in total. The van der Waals surface area contributed by atoms with Crippen LogP contribution in [0.3, 0.4) is 0 Å². The molecule has 1 fully saturated rings. The van der Waals surface area contributed by atoms with E-state index in [0.29, 0.717) is 24.5 Å². The lowest BCUT2D eigenvalue weighted by atomic mass is 10.00. The Morgan fingerprint density at radius 2 is 1.92 bits per heavy atom. The number of rotatable bonds is 2. The summed E-state index contributed by atoms with van der Waals surface area (Å²) in [6.07, 6.45) is 6.81. The average Bonchev–Trinajstić information content (AvgIpc) is 2.09. The third kappa shape index (κ3) is 2.57. The zero-order valence-corrected chi connectivity index (χ0v) is 8.42. The summed E-state index contributed by atoms with van der Waals surface area (Å²) in [5.74, 6) is 3.64. The molecule has 2 nitrogen and oxygen atoms in total. The Hall–Kier alpha value is -0.810. The molecule has 0 aliphatic carbocycles. The van der Waals surface area contributed by atoms with Crippen LogP contribution in [0.5, 0.6) is 0 Å². The maximum Gasteiger partial charge on any atom is 0.135 e. The van der Waals surface area contributed by atoms with Crippen LogP contribution in [-0.2, 0) is 4.79 Å². The van der Waals surface area contributed by atoms with Crippen molar-refractivity contribution in [1.29, 1.82) is 0 Å². The number of terminal acetylenes is 1. The van der Waals surface area contributed by atoms with E-state index in [1.165, 1.54) is 0 Å². The molecule has 1 aliphatic rings. The van der Waals surface area contributed by atoms with Crippen LogP contribution in [0.25, 0.3) is 0 Å². The number of likely N-dealkylation sites (tertiary alicyclic amines) is 1. The molecule has 1 rings (SSSR count). The fourth-order valence-corrected chi connectivity index (χ4v) is 1.77. The van der Waals surface area contributed by atoms with Gasteiger partial charge >= 0.3 is 0 Å². The summed E-state index contributed by atoms with van der Waals surface area (Å²) in [4.78, 5) is 13.3. The highest BCUT2D eigenvalue weighted by atomic mass is 16.1. The van der Waals surface area contributed by atoms with Crippen LogP contribution in [-0.4, -0.2) is 29.8 Å². The van der Waals surface area contributed by atoms with Crippen molar-refractivity contribution in [3.63, 3.8) is 0 Å². The van der Waals surface area contributed by atoms with Gasteiger partial charge in [-0.1, -0.05) is 19.8 Å². The average molecular weight is 179 g/mol.